The quantitative estimate of drug-likeness (QED) is 0.661. The van der Waals surface area contributed by atoms with Crippen molar-refractivity contribution >= 4 is 5.91 Å². The van der Waals surface area contributed by atoms with Crippen molar-refractivity contribution in [2.75, 3.05) is 26.7 Å². The molecule has 3 aromatic rings. The van der Waals surface area contributed by atoms with Crippen LogP contribution in [0.2, 0.25) is 0 Å². The number of amides is 1. The molecule has 29 heavy (non-hydrogen) atoms. The molecule has 150 valence electrons. The van der Waals surface area contributed by atoms with Crippen LogP contribution in [0.25, 0.3) is 11.3 Å². The molecule has 1 aliphatic rings. The Labute approximate surface area is 170 Å². The average molecular weight is 391 g/mol. The van der Waals surface area contributed by atoms with Crippen LogP contribution in [0, 0.1) is 0 Å². The molecule has 0 saturated carbocycles. The van der Waals surface area contributed by atoms with Gasteiger partial charge in [-0.1, -0.05) is 35.5 Å². The summed E-state index contributed by atoms with van der Waals surface area (Å²) >= 11 is 0. The second kappa shape index (κ2) is 8.92. The zero-order valence-electron chi connectivity index (χ0n) is 16.5. The maximum Gasteiger partial charge on any atom is 0.273 e. The molecule has 2 heterocycles. The Kier molecular flexibility index (Phi) is 5.91. The summed E-state index contributed by atoms with van der Waals surface area (Å²) in [6, 6.07) is 19.6. The molecule has 1 aliphatic heterocycles. The highest BCUT2D eigenvalue weighted by atomic mass is 16.5. The normalized spacial score (nSPS) is 15.2. The van der Waals surface area contributed by atoms with Crippen LogP contribution in [-0.2, 0) is 0 Å². The minimum absolute atomic E-state index is 0.163. The third kappa shape index (κ3) is 4.49. The lowest BCUT2D eigenvalue weighted by atomic mass is 10.1. The molecule has 0 spiro atoms. The van der Waals surface area contributed by atoms with Crippen molar-refractivity contribution in [1.29, 1.82) is 0 Å². The number of likely N-dealkylation sites (tertiary alicyclic amines) is 1. The van der Waals surface area contributed by atoms with Gasteiger partial charge in [0.2, 0.25) is 0 Å². The van der Waals surface area contributed by atoms with Crippen LogP contribution in [0.4, 0.5) is 0 Å². The molecular weight excluding hydrogens is 366 g/mol. The zero-order valence-corrected chi connectivity index (χ0v) is 16.5. The lowest BCUT2D eigenvalue weighted by molar-refractivity contribution is 0.0929. The summed E-state index contributed by atoms with van der Waals surface area (Å²) in [5.41, 5.74) is 2.34. The van der Waals surface area contributed by atoms with Gasteiger partial charge in [0.1, 0.15) is 5.75 Å². The van der Waals surface area contributed by atoms with E-state index >= 15 is 0 Å². The van der Waals surface area contributed by atoms with Gasteiger partial charge in [0.05, 0.1) is 13.2 Å². The number of nitrogens with zero attached hydrogens (tertiary/aromatic N) is 2. The first-order valence-electron chi connectivity index (χ1n) is 9.93. The van der Waals surface area contributed by atoms with Gasteiger partial charge in [-0.3, -0.25) is 9.69 Å². The van der Waals surface area contributed by atoms with Crippen molar-refractivity contribution in [3.05, 3.63) is 71.9 Å². The van der Waals surface area contributed by atoms with Crippen molar-refractivity contribution in [1.82, 2.24) is 15.4 Å². The summed E-state index contributed by atoms with van der Waals surface area (Å²) in [6.45, 7) is 2.65. The molecule has 0 aliphatic carbocycles. The lowest BCUT2D eigenvalue weighted by Gasteiger charge is -2.28. The van der Waals surface area contributed by atoms with E-state index < -0.39 is 0 Å². The highest BCUT2D eigenvalue weighted by Crippen LogP contribution is 2.25. The smallest absolute Gasteiger partial charge is 0.273 e. The molecule has 1 unspecified atom stereocenters. The standard InChI is InChI=1S/C23H25N3O3/c1-28-19-11-9-18(10-12-19)22-15-20(25-29-22)23(27)24-16-21(26-13-5-6-14-26)17-7-3-2-4-8-17/h2-4,7-12,15,21H,5-6,13-14,16H2,1H3,(H,24,27). The second-order valence-electron chi connectivity index (χ2n) is 7.18. The summed E-state index contributed by atoms with van der Waals surface area (Å²) in [6.07, 6.45) is 2.40. The van der Waals surface area contributed by atoms with Crippen molar-refractivity contribution in [3.8, 4) is 17.1 Å². The summed E-state index contributed by atoms with van der Waals surface area (Å²) in [7, 11) is 1.62. The van der Waals surface area contributed by atoms with Gasteiger partial charge in [0, 0.05) is 18.2 Å². The number of carbonyl (C=O) groups is 1. The van der Waals surface area contributed by atoms with E-state index in [1.54, 1.807) is 13.2 Å². The number of carbonyl (C=O) groups excluding carboxylic acids is 1. The van der Waals surface area contributed by atoms with Crippen LogP contribution in [0.1, 0.15) is 34.9 Å². The molecule has 2 aromatic carbocycles. The molecule has 1 N–H and O–H groups in total. The van der Waals surface area contributed by atoms with Gasteiger partial charge >= 0.3 is 0 Å². The Bertz CT molecular complexity index is 932. The highest BCUT2D eigenvalue weighted by Gasteiger charge is 2.24. The number of ether oxygens (including phenoxy) is 1. The lowest BCUT2D eigenvalue weighted by Crippen LogP contribution is -2.36. The molecule has 0 radical (unpaired) electrons. The van der Waals surface area contributed by atoms with E-state index in [9.17, 15) is 4.79 Å². The highest BCUT2D eigenvalue weighted by molar-refractivity contribution is 5.93. The Hall–Kier alpha value is -3.12. The van der Waals surface area contributed by atoms with Gasteiger partial charge < -0.3 is 14.6 Å². The van der Waals surface area contributed by atoms with Gasteiger partial charge in [0.15, 0.2) is 11.5 Å². The first-order valence-corrected chi connectivity index (χ1v) is 9.93. The van der Waals surface area contributed by atoms with Crippen LogP contribution in [0.5, 0.6) is 5.75 Å². The predicted molar refractivity (Wildman–Crippen MR) is 111 cm³/mol. The first kappa shape index (κ1) is 19.2. The minimum Gasteiger partial charge on any atom is -0.497 e. The predicted octanol–water partition coefficient (Wildman–Crippen LogP) is 3.92. The minimum atomic E-state index is -0.228. The van der Waals surface area contributed by atoms with Gasteiger partial charge in [-0.05, 0) is 55.8 Å². The number of hydrogen-bond donors (Lipinski definition) is 1. The van der Waals surface area contributed by atoms with Gasteiger partial charge in [-0.2, -0.15) is 0 Å². The summed E-state index contributed by atoms with van der Waals surface area (Å²) < 4.78 is 10.5. The van der Waals surface area contributed by atoms with Gasteiger partial charge in [-0.25, -0.2) is 0 Å². The zero-order chi connectivity index (χ0) is 20.1. The van der Waals surface area contributed by atoms with E-state index in [0.29, 0.717) is 12.3 Å². The fourth-order valence-corrected chi connectivity index (χ4v) is 3.74. The summed E-state index contributed by atoms with van der Waals surface area (Å²) in [5, 5.41) is 6.99. The van der Waals surface area contributed by atoms with E-state index in [1.165, 1.54) is 18.4 Å². The molecule has 6 heteroatoms. The first-order chi connectivity index (χ1) is 14.2. The van der Waals surface area contributed by atoms with Crippen molar-refractivity contribution in [3.63, 3.8) is 0 Å². The average Bonchev–Trinajstić information content (AvgIpc) is 3.47. The van der Waals surface area contributed by atoms with Crippen LogP contribution < -0.4 is 10.1 Å². The van der Waals surface area contributed by atoms with Crippen molar-refractivity contribution < 1.29 is 14.1 Å². The summed E-state index contributed by atoms with van der Waals surface area (Å²) in [4.78, 5) is 15.1. The van der Waals surface area contributed by atoms with Gasteiger partial charge in [-0.15, -0.1) is 0 Å². The second-order valence-corrected chi connectivity index (χ2v) is 7.18. The van der Waals surface area contributed by atoms with Gasteiger partial charge in [0.25, 0.3) is 5.91 Å². The third-order valence-electron chi connectivity index (χ3n) is 5.34. The van der Waals surface area contributed by atoms with E-state index in [-0.39, 0.29) is 17.6 Å². The fraction of sp³-hybridized carbons (Fsp3) is 0.304. The number of hydrogen-bond acceptors (Lipinski definition) is 5. The van der Waals surface area contributed by atoms with E-state index in [4.69, 9.17) is 9.26 Å². The van der Waals surface area contributed by atoms with Crippen molar-refractivity contribution in [2.24, 2.45) is 0 Å². The third-order valence-corrected chi connectivity index (χ3v) is 5.34. The number of rotatable bonds is 7. The molecular formula is C23H25N3O3. The molecule has 1 atom stereocenters. The molecule has 1 fully saturated rings. The van der Waals surface area contributed by atoms with Crippen LogP contribution in [0.15, 0.2) is 65.2 Å². The SMILES string of the molecule is COc1ccc(-c2cc(C(=O)NCC(c3ccccc3)N3CCCC3)no2)cc1. The Morgan fingerprint density at radius 1 is 1.14 bits per heavy atom. The number of methoxy groups -OCH3 is 1. The molecule has 4 rings (SSSR count). The van der Waals surface area contributed by atoms with Crippen molar-refractivity contribution in [2.45, 2.75) is 18.9 Å². The number of benzene rings is 2. The molecule has 1 amide bonds. The largest absolute Gasteiger partial charge is 0.497 e. The topological polar surface area (TPSA) is 67.6 Å². The number of aromatic nitrogens is 1. The van der Waals surface area contributed by atoms with E-state index in [2.05, 4.69) is 27.5 Å². The Morgan fingerprint density at radius 3 is 2.55 bits per heavy atom. The maximum absolute atomic E-state index is 12.7. The Morgan fingerprint density at radius 2 is 1.86 bits per heavy atom. The molecule has 0 bridgehead atoms. The summed E-state index contributed by atoms with van der Waals surface area (Å²) in [5.74, 6) is 1.09. The number of nitrogens with one attached hydrogen (secondary N) is 1. The molecule has 6 nitrogen and oxygen atoms in total. The van der Waals surface area contributed by atoms with Crippen LogP contribution in [0.3, 0.4) is 0 Å². The maximum atomic E-state index is 12.7. The monoisotopic (exact) mass is 391 g/mol. The van der Waals surface area contributed by atoms with Crippen LogP contribution >= 0.6 is 0 Å². The fourth-order valence-electron chi connectivity index (χ4n) is 3.74. The molecule has 1 saturated heterocycles. The van der Waals surface area contributed by atoms with Crippen LogP contribution in [-0.4, -0.2) is 42.7 Å². The Balaban J connectivity index is 1.43. The molecule has 1 aromatic heterocycles. The van der Waals surface area contributed by atoms with E-state index in [0.717, 1.165) is 24.4 Å². The van der Waals surface area contributed by atoms with E-state index in [1.807, 2.05) is 42.5 Å².